The molecule has 0 spiro atoms. The van der Waals surface area contributed by atoms with E-state index in [4.69, 9.17) is 0 Å². The second-order valence-electron chi connectivity index (χ2n) is 6.09. The van der Waals surface area contributed by atoms with Crippen molar-refractivity contribution < 1.29 is 4.79 Å². The maximum atomic E-state index is 11.3. The van der Waals surface area contributed by atoms with E-state index in [1.165, 1.54) is 12.8 Å². The van der Waals surface area contributed by atoms with Crippen molar-refractivity contribution in [2.45, 2.75) is 45.1 Å². The van der Waals surface area contributed by atoms with Gasteiger partial charge in [-0.25, -0.2) is 4.98 Å². The van der Waals surface area contributed by atoms with Crippen molar-refractivity contribution in [3.8, 4) is 11.8 Å². The van der Waals surface area contributed by atoms with Gasteiger partial charge in [-0.2, -0.15) is 4.98 Å². The summed E-state index contributed by atoms with van der Waals surface area (Å²) in [7, 11) is 1.75. The zero-order valence-corrected chi connectivity index (χ0v) is 15.1. The van der Waals surface area contributed by atoms with Crippen LogP contribution in [0, 0.1) is 11.8 Å². The Labute approximate surface area is 149 Å². The van der Waals surface area contributed by atoms with Gasteiger partial charge in [0.25, 0.3) is 0 Å². The molecule has 2 rings (SSSR count). The number of likely N-dealkylation sites (N-methyl/N-ethyl adjacent to an activating group) is 1. The van der Waals surface area contributed by atoms with Crippen LogP contribution >= 0.6 is 0 Å². The van der Waals surface area contributed by atoms with Gasteiger partial charge in [0.2, 0.25) is 11.9 Å². The molecule has 1 aromatic heterocycles. The van der Waals surface area contributed by atoms with Crippen molar-refractivity contribution in [1.29, 1.82) is 0 Å². The van der Waals surface area contributed by atoms with Crippen LogP contribution in [0.1, 0.15) is 44.6 Å². The summed E-state index contributed by atoms with van der Waals surface area (Å²) in [6.07, 6.45) is 6.71. The third-order valence-electron chi connectivity index (χ3n) is 3.60. The molecule has 1 fully saturated rings. The Hall–Kier alpha value is -2.33. The summed E-state index contributed by atoms with van der Waals surface area (Å²) in [4.78, 5) is 20.2. The number of carbonyl (C=O) groups excluding carboxylic acids is 1. The summed E-state index contributed by atoms with van der Waals surface area (Å²) < 4.78 is 0. The fourth-order valence-corrected chi connectivity index (χ4v) is 2.12. The molecule has 0 saturated heterocycles. The van der Waals surface area contributed by atoms with Crippen LogP contribution in [0.3, 0.4) is 0 Å². The number of rotatable bonds is 10. The Balaban J connectivity index is 1.85. The molecule has 7 heteroatoms. The summed E-state index contributed by atoms with van der Waals surface area (Å²) >= 11 is 0. The fourth-order valence-electron chi connectivity index (χ4n) is 2.12. The maximum Gasteiger partial charge on any atom is 0.233 e. The van der Waals surface area contributed by atoms with Gasteiger partial charge in [-0.15, -0.1) is 0 Å². The van der Waals surface area contributed by atoms with E-state index in [1.54, 1.807) is 13.2 Å². The smallest absolute Gasteiger partial charge is 0.233 e. The second kappa shape index (κ2) is 10.5. The number of unbranched alkanes of at least 4 members (excludes halogenated alkanes) is 1. The summed E-state index contributed by atoms with van der Waals surface area (Å²) in [6, 6.07) is 0.522. The summed E-state index contributed by atoms with van der Waals surface area (Å²) in [5, 5.41) is 12.3. The molecule has 1 saturated carbocycles. The first-order valence-corrected chi connectivity index (χ1v) is 9.00. The summed E-state index contributed by atoms with van der Waals surface area (Å²) in [6.45, 7) is 3.95. The van der Waals surface area contributed by atoms with Crippen molar-refractivity contribution in [3.63, 3.8) is 0 Å². The summed E-state index contributed by atoms with van der Waals surface area (Å²) in [5.74, 6) is 7.74. The monoisotopic (exact) mass is 344 g/mol. The Morgan fingerprint density at radius 1 is 1.36 bits per heavy atom. The summed E-state index contributed by atoms with van der Waals surface area (Å²) in [5.41, 5.74) is 0.814. The minimum atomic E-state index is 0.00802. The number of carbonyl (C=O) groups is 1. The van der Waals surface area contributed by atoms with Crippen molar-refractivity contribution in [3.05, 3.63) is 11.8 Å². The van der Waals surface area contributed by atoms with E-state index < -0.39 is 0 Å². The van der Waals surface area contributed by atoms with Gasteiger partial charge in [-0.1, -0.05) is 18.8 Å². The number of nitrogens with zero attached hydrogens (tertiary/aromatic N) is 2. The van der Waals surface area contributed by atoms with Crippen LogP contribution in [0.4, 0.5) is 11.8 Å². The Kier molecular flexibility index (Phi) is 7.99. The number of hydrogen-bond donors (Lipinski definition) is 4. The molecule has 1 heterocycles. The van der Waals surface area contributed by atoms with Crippen molar-refractivity contribution in [2.24, 2.45) is 0 Å². The van der Waals surface area contributed by atoms with Gasteiger partial charge in [0.05, 0.1) is 18.3 Å². The molecule has 0 aromatic carbocycles. The molecule has 1 amide bonds. The van der Waals surface area contributed by atoms with Gasteiger partial charge < -0.3 is 21.3 Å². The average molecular weight is 344 g/mol. The standard InChI is InChI=1S/C18H28N6O/c1-3-10-21-17-14(12-22-18(24-17)23-15-8-9-15)7-5-4-6-11-20-16(25)13-19-2/h12,15,19H,3-4,6,8-11,13H2,1-2H3,(H,20,25)(H2,21,22,23,24). The molecule has 0 atom stereocenters. The van der Waals surface area contributed by atoms with Crippen LogP contribution < -0.4 is 21.3 Å². The van der Waals surface area contributed by atoms with Crippen LogP contribution in [0.2, 0.25) is 0 Å². The van der Waals surface area contributed by atoms with Crippen molar-refractivity contribution in [2.75, 3.05) is 37.3 Å². The molecule has 0 unspecified atom stereocenters. The van der Waals surface area contributed by atoms with Gasteiger partial charge in [-0.05, 0) is 32.7 Å². The fraction of sp³-hybridized carbons (Fsp3) is 0.611. The highest BCUT2D eigenvalue weighted by molar-refractivity contribution is 5.77. The normalized spacial score (nSPS) is 12.9. The van der Waals surface area contributed by atoms with Crippen LogP contribution in [-0.2, 0) is 4.79 Å². The number of amides is 1. The highest BCUT2D eigenvalue weighted by Gasteiger charge is 2.22. The van der Waals surface area contributed by atoms with E-state index in [0.29, 0.717) is 25.1 Å². The van der Waals surface area contributed by atoms with Crippen LogP contribution in [0.15, 0.2) is 6.20 Å². The van der Waals surface area contributed by atoms with E-state index in [0.717, 1.165) is 37.2 Å². The molecule has 0 radical (unpaired) electrons. The molecule has 25 heavy (non-hydrogen) atoms. The lowest BCUT2D eigenvalue weighted by atomic mass is 10.2. The average Bonchev–Trinajstić information content (AvgIpc) is 3.41. The maximum absolute atomic E-state index is 11.3. The van der Waals surface area contributed by atoms with Crippen LogP contribution in [0.25, 0.3) is 0 Å². The van der Waals surface area contributed by atoms with Crippen molar-refractivity contribution in [1.82, 2.24) is 20.6 Å². The first-order chi connectivity index (χ1) is 12.2. The molecular formula is C18H28N6O. The van der Waals surface area contributed by atoms with E-state index in [9.17, 15) is 4.79 Å². The van der Waals surface area contributed by atoms with Crippen LogP contribution in [-0.4, -0.2) is 48.6 Å². The first-order valence-electron chi connectivity index (χ1n) is 9.00. The predicted octanol–water partition coefficient (Wildman–Crippen LogP) is 1.34. The van der Waals surface area contributed by atoms with Crippen molar-refractivity contribution >= 4 is 17.7 Å². The SMILES string of the molecule is CCCNc1nc(NC2CC2)ncc1C#CCCCNC(=O)CNC. The molecule has 0 aliphatic heterocycles. The number of aromatic nitrogens is 2. The van der Waals surface area contributed by atoms with E-state index >= 15 is 0 Å². The van der Waals surface area contributed by atoms with Gasteiger partial charge in [0.1, 0.15) is 5.82 Å². The lowest BCUT2D eigenvalue weighted by Gasteiger charge is -2.09. The van der Waals surface area contributed by atoms with E-state index in [2.05, 4.69) is 50.0 Å². The number of anilines is 2. The predicted molar refractivity (Wildman–Crippen MR) is 101 cm³/mol. The number of hydrogen-bond acceptors (Lipinski definition) is 6. The molecule has 0 bridgehead atoms. The molecule has 136 valence electrons. The highest BCUT2D eigenvalue weighted by Crippen LogP contribution is 2.23. The van der Waals surface area contributed by atoms with E-state index in [1.807, 2.05) is 0 Å². The molecule has 1 aromatic rings. The second-order valence-corrected chi connectivity index (χ2v) is 6.09. The first kappa shape index (κ1) is 19.0. The quantitative estimate of drug-likeness (QED) is 0.378. The lowest BCUT2D eigenvalue weighted by molar-refractivity contribution is -0.120. The molecule has 1 aliphatic rings. The molecule has 1 aliphatic carbocycles. The zero-order chi connectivity index (χ0) is 17.9. The lowest BCUT2D eigenvalue weighted by Crippen LogP contribution is -2.32. The number of nitrogens with one attached hydrogen (secondary N) is 4. The zero-order valence-electron chi connectivity index (χ0n) is 15.1. The Morgan fingerprint density at radius 3 is 2.92 bits per heavy atom. The topological polar surface area (TPSA) is 91.0 Å². The third-order valence-corrected chi connectivity index (χ3v) is 3.60. The largest absolute Gasteiger partial charge is 0.369 e. The van der Waals surface area contributed by atoms with Crippen LogP contribution in [0.5, 0.6) is 0 Å². The minimum absolute atomic E-state index is 0.00802. The molecule has 4 N–H and O–H groups in total. The van der Waals surface area contributed by atoms with Gasteiger partial charge >= 0.3 is 0 Å². The third kappa shape index (κ3) is 7.40. The van der Waals surface area contributed by atoms with Gasteiger partial charge in [0, 0.05) is 25.6 Å². The molecule has 7 nitrogen and oxygen atoms in total. The minimum Gasteiger partial charge on any atom is -0.369 e. The van der Waals surface area contributed by atoms with Gasteiger partial charge in [-0.3, -0.25) is 4.79 Å². The van der Waals surface area contributed by atoms with E-state index in [-0.39, 0.29) is 5.91 Å². The Bertz CT molecular complexity index is 618. The Morgan fingerprint density at radius 2 is 2.20 bits per heavy atom. The molecular weight excluding hydrogens is 316 g/mol. The highest BCUT2D eigenvalue weighted by atomic mass is 16.1. The van der Waals surface area contributed by atoms with Gasteiger partial charge in [0.15, 0.2) is 0 Å².